The van der Waals surface area contributed by atoms with E-state index in [9.17, 15) is 4.79 Å². The van der Waals surface area contributed by atoms with Crippen LogP contribution in [-0.4, -0.2) is 12.5 Å². The highest BCUT2D eigenvalue weighted by Crippen LogP contribution is 2.29. The Morgan fingerprint density at radius 3 is 2.81 bits per heavy atom. The number of hydrogen-bond donors (Lipinski definition) is 2. The molecule has 21 heavy (non-hydrogen) atoms. The maximum Gasteiger partial charge on any atom is 0.257 e. The second-order valence-corrected chi connectivity index (χ2v) is 6.24. The van der Waals surface area contributed by atoms with Gasteiger partial charge in [0.1, 0.15) is 11.3 Å². The van der Waals surface area contributed by atoms with Crippen molar-refractivity contribution >= 4 is 34.5 Å². The highest BCUT2D eigenvalue weighted by atomic mass is 35.5. The first-order valence-electron chi connectivity index (χ1n) is 6.60. The molecule has 0 aliphatic rings. The van der Waals surface area contributed by atoms with Crippen LogP contribution in [0.2, 0.25) is 4.34 Å². The lowest BCUT2D eigenvalue weighted by Crippen LogP contribution is -2.27. The predicted molar refractivity (Wildman–Crippen MR) is 87.2 cm³/mol. The van der Waals surface area contributed by atoms with Crippen LogP contribution in [0.15, 0.2) is 30.3 Å². The monoisotopic (exact) mass is 324 g/mol. The number of anilines is 1. The fourth-order valence-corrected chi connectivity index (χ4v) is 3.03. The van der Waals surface area contributed by atoms with Gasteiger partial charge in [0.2, 0.25) is 0 Å². The summed E-state index contributed by atoms with van der Waals surface area (Å²) in [4.78, 5) is 13.4. The third-order valence-electron chi connectivity index (χ3n) is 2.95. The van der Waals surface area contributed by atoms with Crippen LogP contribution in [-0.2, 0) is 0 Å². The Balaban J connectivity index is 2.20. The van der Waals surface area contributed by atoms with Crippen LogP contribution in [0.5, 0.6) is 5.75 Å². The summed E-state index contributed by atoms with van der Waals surface area (Å²) in [7, 11) is 0. The number of hydrogen-bond acceptors (Lipinski definition) is 4. The minimum atomic E-state index is -0.256. The van der Waals surface area contributed by atoms with Crippen LogP contribution in [0.1, 0.15) is 35.1 Å². The Labute approximate surface area is 132 Å². The van der Waals surface area contributed by atoms with Gasteiger partial charge < -0.3 is 15.8 Å². The van der Waals surface area contributed by atoms with E-state index in [-0.39, 0.29) is 11.9 Å². The van der Waals surface area contributed by atoms with Crippen molar-refractivity contribution in [2.24, 2.45) is 0 Å². The van der Waals surface area contributed by atoms with E-state index in [2.05, 4.69) is 5.32 Å². The molecule has 1 amide bonds. The zero-order chi connectivity index (χ0) is 15.4. The van der Waals surface area contributed by atoms with Crippen molar-refractivity contribution in [3.63, 3.8) is 0 Å². The molecular formula is C15H17ClN2O2S. The van der Waals surface area contributed by atoms with Crippen molar-refractivity contribution in [1.82, 2.24) is 5.32 Å². The third-order valence-corrected chi connectivity index (χ3v) is 4.37. The van der Waals surface area contributed by atoms with E-state index < -0.39 is 0 Å². The summed E-state index contributed by atoms with van der Waals surface area (Å²) in [6, 6.07) is 8.75. The topological polar surface area (TPSA) is 64.3 Å². The maximum atomic E-state index is 12.5. The van der Waals surface area contributed by atoms with Crippen molar-refractivity contribution in [3.8, 4) is 5.75 Å². The molecule has 3 N–H and O–H groups in total. The van der Waals surface area contributed by atoms with E-state index in [4.69, 9.17) is 22.1 Å². The number of thiophene rings is 1. The van der Waals surface area contributed by atoms with Crippen molar-refractivity contribution in [1.29, 1.82) is 0 Å². The van der Waals surface area contributed by atoms with Crippen molar-refractivity contribution in [3.05, 3.63) is 45.1 Å². The van der Waals surface area contributed by atoms with Crippen molar-refractivity contribution in [2.45, 2.75) is 19.9 Å². The van der Waals surface area contributed by atoms with Gasteiger partial charge in [-0.25, -0.2) is 0 Å². The van der Waals surface area contributed by atoms with E-state index in [1.165, 1.54) is 11.3 Å². The molecule has 1 aromatic heterocycles. The van der Waals surface area contributed by atoms with Gasteiger partial charge in [-0.15, -0.1) is 11.3 Å². The van der Waals surface area contributed by atoms with Crippen LogP contribution in [0.25, 0.3) is 0 Å². The summed E-state index contributed by atoms with van der Waals surface area (Å²) in [6.07, 6.45) is 0. The average Bonchev–Trinajstić information content (AvgIpc) is 2.86. The standard InChI is InChI=1S/C15H17ClN2O2S/c1-3-20-11-6-4-5-10(17)14(11)15(19)18-9(2)12-7-8-13(16)21-12/h4-9H,3,17H2,1-2H3,(H,18,19). The number of rotatable bonds is 5. The molecule has 1 unspecified atom stereocenters. The number of nitrogens with one attached hydrogen (secondary N) is 1. The molecule has 1 atom stereocenters. The highest BCUT2D eigenvalue weighted by molar-refractivity contribution is 7.16. The molecule has 0 aliphatic heterocycles. The van der Waals surface area contributed by atoms with E-state index in [0.717, 1.165) is 4.88 Å². The van der Waals surface area contributed by atoms with Crippen LogP contribution in [0.3, 0.4) is 0 Å². The zero-order valence-corrected chi connectivity index (χ0v) is 13.4. The largest absolute Gasteiger partial charge is 0.493 e. The summed E-state index contributed by atoms with van der Waals surface area (Å²) in [6.45, 7) is 4.24. The summed E-state index contributed by atoms with van der Waals surface area (Å²) in [5, 5.41) is 2.92. The number of carbonyl (C=O) groups excluding carboxylic acids is 1. The lowest BCUT2D eigenvalue weighted by Gasteiger charge is -2.16. The Bertz CT molecular complexity index is 642. The summed E-state index contributed by atoms with van der Waals surface area (Å²) >= 11 is 7.36. The molecule has 0 saturated carbocycles. The molecule has 0 spiro atoms. The van der Waals surface area contributed by atoms with Gasteiger partial charge in [-0.1, -0.05) is 17.7 Å². The number of halogens is 1. The fraction of sp³-hybridized carbons (Fsp3) is 0.267. The fourth-order valence-electron chi connectivity index (χ4n) is 1.97. The molecule has 1 heterocycles. The molecule has 0 saturated heterocycles. The van der Waals surface area contributed by atoms with Crippen LogP contribution >= 0.6 is 22.9 Å². The van der Waals surface area contributed by atoms with Crippen molar-refractivity contribution in [2.75, 3.05) is 12.3 Å². The first-order valence-corrected chi connectivity index (χ1v) is 7.79. The van der Waals surface area contributed by atoms with Gasteiger partial charge in [0, 0.05) is 10.6 Å². The maximum absolute atomic E-state index is 12.5. The lowest BCUT2D eigenvalue weighted by molar-refractivity contribution is 0.0937. The second-order valence-electron chi connectivity index (χ2n) is 4.49. The van der Waals surface area contributed by atoms with Crippen LogP contribution < -0.4 is 15.8 Å². The van der Waals surface area contributed by atoms with Gasteiger partial charge in [-0.2, -0.15) is 0 Å². The minimum Gasteiger partial charge on any atom is -0.493 e. The molecular weight excluding hydrogens is 308 g/mol. The summed E-state index contributed by atoms with van der Waals surface area (Å²) < 4.78 is 6.17. The average molecular weight is 325 g/mol. The first kappa shape index (κ1) is 15.7. The molecule has 2 rings (SSSR count). The van der Waals surface area contributed by atoms with Crippen LogP contribution in [0, 0.1) is 0 Å². The van der Waals surface area contributed by atoms with Gasteiger partial charge in [-0.05, 0) is 38.1 Å². The molecule has 0 radical (unpaired) electrons. The zero-order valence-electron chi connectivity index (χ0n) is 11.9. The number of carbonyl (C=O) groups is 1. The molecule has 0 bridgehead atoms. The number of ether oxygens (including phenoxy) is 1. The van der Waals surface area contributed by atoms with Gasteiger partial charge in [0.25, 0.3) is 5.91 Å². The SMILES string of the molecule is CCOc1cccc(N)c1C(=O)NC(C)c1ccc(Cl)s1. The second kappa shape index (κ2) is 6.83. The Hall–Kier alpha value is -1.72. The molecule has 4 nitrogen and oxygen atoms in total. The normalized spacial score (nSPS) is 12.0. The predicted octanol–water partition coefficient (Wildman–Crippen LogP) is 3.87. The number of benzene rings is 1. The van der Waals surface area contributed by atoms with Gasteiger partial charge in [-0.3, -0.25) is 4.79 Å². The highest BCUT2D eigenvalue weighted by Gasteiger charge is 2.19. The van der Waals surface area contributed by atoms with E-state index in [1.807, 2.05) is 26.0 Å². The number of amides is 1. The summed E-state index contributed by atoms with van der Waals surface area (Å²) in [5.74, 6) is 0.236. The minimum absolute atomic E-state index is 0.149. The third kappa shape index (κ3) is 3.68. The van der Waals surface area contributed by atoms with Crippen molar-refractivity contribution < 1.29 is 9.53 Å². The smallest absolute Gasteiger partial charge is 0.257 e. The Kier molecular flexibility index (Phi) is 5.09. The Morgan fingerprint density at radius 1 is 1.43 bits per heavy atom. The summed E-state index contributed by atoms with van der Waals surface area (Å²) in [5.41, 5.74) is 6.68. The van der Waals surface area contributed by atoms with Crippen LogP contribution in [0.4, 0.5) is 5.69 Å². The van der Waals surface area contributed by atoms with Gasteiger partial charge in [0.05, 0.1) is 17.0 Å². The molecule has 0 aliphatic carbocycles. The van der Waals surface area contributed by atoms with E-state index in [0.29, 0.717) is 27.9 Å². The van der Waals surface area contributed by atoms with E-state index >= 15 is 0 Å². The quantitative estimate of drug-likeness (QED) is 0.820. The lowest BCUT2D eigenvalue weighted by atomic mass is 10.1. The molecule has 6 heteroatoms. The van der Waals surface area contributed by atoms with Gasteiger partial charge >= 0.3 is 0 Å². The molecule has 0 fully saturated rings. The van der Waals surface area contributed by atoms with Gasteiger partial charge in [0.15, 0.2) is 0 Å². The molecule has 2 aromatic rings. The Morgan fingerprint density at radius 2 is 2.19 bits per heavy atom. The molecule has 112 valence electrons. The first-order chi connectivity index (χ1) is 10.0. The number of nitrogens with two attached hydrogens (primary N) is 1. The number of nitrogen functional groups attached to an aromatic ring is 1. The molecule has 1 aromatic carbocycles. The van der Waals surface area contributed by atoms with E-state index in [1.54, 1.807) is 18.2 Å².